The van der Waals surface area contributed by atoms with Gasteiger partial charge in [0.2, 0.25) is 0 Å². The highest BCUT2D eigenvalue weighted by Gasteiger charge is 2.19. The molecule has 1 fully saturated rings. The van der Waals surface area contributed by atoms with Gasteiger partial charge in [-0.2, -0.15) is 0 Å². The molecule has 0 radical (unpaired) electrons. The predicted molar refractivity (Wildman–Crippen MR) is 110 cm³/mol. The van der Waals surface area contributed by atoms with Gasteiger partial charge in [0.15, 0.2) is 0 Å². The summed E-state index contributed by atoms with van der Waals surface area (Å²) in [5.41, 5.74) is 3.57. The van der Waals surface area contributed by atoms with E-state index in [9.17, 15) is 0 Å². The minimum atomic E-state index is 0.757. The van der Waals surface area contributed by atoms with Crippen LogP contribution >= 0.6 is 11.6 Å². The first-order chi connectivity index (χ1) is 13.2. The Morgan fingerprint density at radius 1 is 0.926 bits per heavy atom. The third-order valence-corrected chi connectivity index (χ3v) is 5.45. The average Bonchev–Trinajstić information content (AvgIpc) is 2.70. The Bertz CT molecular complexity index is 917. The zero-order chi connectivity index (χ0) is 18.6. The van der Waals surface area contributed by atoms with Crippen LogP contribution in [0.1, 0.15) is 11.1 Å². The Morgan fingerprint density at radius 2 is 1.63 bits per heavy atom. The minimum Gasteiger partial charge on any atom is -0.496 e. The summed E-state index contributed by atoms with van der Waals surface area (Å²) in [7, 11) is 1.71. The minimum absolute atomic E-state index is 0.757. The van der Waals surface area contributed by atoms with Crippen LogP contribution in [0.2, 0.25) is 5.02 Å². The lowest BCUT2D eigenvalue weighted by Crippen LogP contribution is -2.45. The van der Waals surface area contributed by atoms with Crippen LogP contribution in [0.15, 0.2) is 54.7 Å². The van der Waals surface area contributed by atoms with Crippen molar-refractivity contribution in [1.29, 1.82) is 0 Å². The number of benzene rings is 2. The number of piperazine rings is 1. The molecule has 0 aliphatic carbocycles. The monoisotopic (exact) mass is 381 g/mol. The van der Waals surface area contributed by atoms with Gasteiger partial charge in [-0.3, -0.25) is 14.8 Å². The third-order valence-electron chi connectivity index (χ3n) is 5.21. The summed E-state index contributed by atoms with van der Waals surface area (Å²) in [6.45, 7) is 5.98. The lowest BCUT2D eigenvalue weighted by molar-refractivity contribution is 0.121. The SMILES string of the molecule is COc1ccc(Cl)cc1CN1CCN(Cc2cccc3cccnc23)CC1. The van der Waals surface area contributed by atoms with Gasteiger partial charge in [-0.05, 0) is 29.8 Å². The van der Waals surface area contributed by atoms with Gasteiger partial charge in [0, 0.05) is 61.4 Å². The van der Waals surface area contributed by atoms with Crippen LogP contribution < -0.4 is 4.74 Å². The highest BCUT2D eigenvalue weighted by molar-refractivity contribution is 6.30. The molecule has 0 bridgehead atoms. The molecule has 0 amide bonds. The fourth-order valence-electron chi connectivity index (χ4n) is 3.75. The fraction of sp³-hybridized carbons (Fsp3) is 0.318. The maximum Gasteiger partial charge on any atom is 0.123 e. The van der Waals surface area contributed by atoms with Gasteiger partial charge in [0.25, 0.3) is 0 Å². The summed E-state index contributed by atoms with van der Waals surface area (Å²) >= 11 is 6.16. The molecule has 1 aliphatic heterocycles. The Hall–Kier alpha value is -2.14. The number of fused-ring (bicyclic) bond motifs is 1. The van der Waals surface area contributed by atoms with E-state index in [1.807, 2.05) is 30.5 Å². The standard InChI is InChI=1S/C22H24ClN3O/c1-27-21-8-7-20(23)14-19(21)16-26-12-10-25(11-13-26)15-18-5-2-4-17-6-3-9-24-22(17)18/h2-9,14H,10-13,15-16H2,1H3. The summed E-state index contributed by atoms with van der Waals surface area (Å²) in [6, 6.07) is 16.4. The second-order valence-electron chi connectivity index (χ2n) is 7.00. The number of pyridine rings is 1. The van der Waals surface area contributed by atoms with Gasteiger partial charge >= 0.3 is 0 Å². The van der Waals surface area contributed by atoms with E-state index in [0.717, 1.165) is 61.1 Å². The van der Waals surface area contributed by atoms with Gasteiger partial charge < -0.3 is 4.74 Å². The van der Waals surface area contributed by atoms with Crippen molar-refractivity contribution < 1.29 is 4.74 Å². The first kappa shape index (κ1) is 18.2. The van der Waals surface area contributed by atoms with Gasteiger partial charge in [0.1, 0.15) is 5.75 Å². The van der Waals surface area contributed by atoms with Crippen molar-refractivity contribution in [3.63, 3.8) is 0 Å². The summed E-state index contributed by atoms with van der Waals surface area (Å²) in [5.74, 6) is 0.906. The lowest BCUT2D eigenvalue weighted by Gasteiger charge is -2.35. The molecule has 4 rings (SSSR count). The molecule has 5 heteroatoms. The molecule has 1 aliphatic rings. The number of aromatic nitrogens is 1. The van der Waals surface area contributed by atoms with Gasteiger partial charge in [-0.15, -0.1) is 0 Å². The average molecular weight is 382 g/mol. The number of hydrogen-bond acceptors (Lipinski definition) is 4. The van der Waals surface area contributed by atoms with Crippen molar-refractivity contribution in [3.8, 4) is 5.75 Å². The molecule has 0 N–H and O–H groups in total. The number of halogens is 1. The molecule has 27 heavy (non-hydrogen) atoms. The summed E-state index contributed by atoms with van der Waals surface area (Å²) in [6.07, 6.45) is 1.88. The van der Waals surface area contributed by atoms with Crippen LogP contribution in [0.3, 0.4) is 0 Å². The Kier molecular flexibility index (Phi) is 5.58. The lowest BCUT2D eigenvalue weighted by atomic mass is 10.1. The van der Waals surface area contributed by atoms with Crippen LogP contribution in [0.4, 0.5) is 0 Å². The molecule has 2 aromatic carbocycles. The van der Waals surface area contributed by atoms with Gasteiger partial charge in [-0.1, -0.05) is 35.9 Å². The predicted octanol–water partition coefficient (Wildman–Crippen LogP) is 4.21. The number of para-hydroxylation sites is 1. The topological polar surface area (TPSA) is 28.6 Å². The van der Waals surface area contributed by atoms with Gasteiger partial charge in [-0.25, -0.2) is 0 Å². The normalized spacial score (nSPS) is 15.9. The van der Waals surface area contributed by atoms with Crippen LogP contribution in [-0.4, -0.2) is 48.1 Å². The van der Waals surface area contributed by atoms with Crippen molar-refractivity contribution in [2.24, 2.45) is 0 Å². The van der Waals surface area contributed by atoms with Gasteiger partial charge in [0.05, 0.1) is 12.6 Å². The van der Waals surface area contributed by atoms with E-state index in [0.29, 0.717) is 0 Å². The highest BCUT2D eigenvalue weighted by Crippen LogP contribution is 2.25. The number of methoxy groups -OCH3 is 1. The maximum atomic E-state index is 6.16. The summed E-state index contributed by atoms with van der Waals surface area (Å²) in [5, 5.41) is 1.97. The number of rotatable bonds is 5. The molecular formula is C22H24ClN3O. The molecule has 0 spiro atoms. The molecule has 1 aromatic heterocycles. The van der Waals surface area contributed by atoms with Crippen LogP contribution in [0.5, 0.6) is 5.75 Å². The first-order valence-corrected chi connectivity index (χ1v) is 9.70. The highest BCUT2D eigenvalue weighted by atomic mass is 35.5. The van der Waals surface area contributed by atoms with E-state index in [1.165, 1.54) is 10.9 Å². The fourth-order valence-corrected chi connectivity index (χ4v) is 3.95. The second kappa shape index (κ2) is 8.26. The van der Waals surface area contributed by atoms with E-state index in [2.05, 4.69) is 39.0 Å². The van der Waals surface area contributed by atoms with E-state index in [4.69, 9.17) is 16.3 Å². The van der Waals surface area contributed by atoms with E-state index >= 15 is 0 Å². The molecule has 0 saturated carbocycles. The number of hydrogen-bond donors (Lipinski definition) is 0. The third kappa shape index (κ3) is 4.24. The molecule has 4 nitrogen and oxygen atoms in total. The van der Waals surface area contributed by atoms with E-state index in [-0.39, 0.29) is 0 Å². The molecule has 3 aromatic rings. The van der Waals surface area contributed by atoms with Crippen LogP contribution in [0, 0.1) is 0 Å². The zero-order valence-electron chi connectivity index (χ0n) is 15.6. The Labute approximate surface area is 165 Å². The molecule has 140 valence electrons. The second-order valence-corrected chi connectivity index (χ2v) is 7.44. The maximum absolute atomic E-state index is 6.16. The molecule has 0 atom stereocenters. The quantitative estimate of drug-likeness (QED) is 0.661. The molecule has 2 heterocycles. The Morgan fingerprint density at radius 3 is 2.37 bits per heavy atom. The van der Waals surface area contributed by atoms with Crippen molar-refractivity contribution in [3.05, 3.63) is 70.9 Å². The summed E-state index contributed by atoms with van der Waals surface area (Å²) < 4.78 is 5.48. The first-order valence-electron chi connectivity index (χ1n) is 9.33. The van der Waals surface area contributed by atoms with Crippen LogP contribution in [-0.2, 0) is 13.1 Å². The van der Waals surface area contributed by atoms with Crippen molar-refractivity contribution in [1.82, 2.24) is 14.8 Å². The van der Waals surface area contributed by atoms with E-state index in [1.54, 1.807) is 7.11 Å². The number of ether oxygens (including phenoxy) is 1. The summed E-state index contributed by atoms with van der Waals surface area (Å²) in [4.78, 5) is 9.55. The molecule has 1 saturated heterocycles. The Balaban J connectivity index is 1.39. The van der Waals surface area contributed by atoms with E-state index < -0.39 is 0 Å². The smallest absolute Gasteiger partial charge is 0.123 e. The van der Waals surface area contributed by atoms with Crippen molar-refractivity contribution in [2.75, 3.05) is 33.3 Å². The van der Waals surface area contributed by atoms with Crippen molar-refractivity contribution in [2.45, 2.75) is 13.1 Å². The number of nitrogens with zero attached hydrogens (tertiary/aromatic N) is 3. The molecule has 0 unspecified atom stereocenters. The van der Waals surface area contributed by atoms with Crippen LogP contribution in [0.25, 0.3) is 10.9 Å². The largest absolute Gasteiger partial charge is 0.496 e. The zero-order valence-corrected chi connectivity index (χ0v) is 16.3. The molecular weight excluding hydrogens is 358 g/mol. The van der Waals surface area contributed by atoms with Crippen molar-refractivity contribution >= 4 is 22.5 Å².